The average molecular weight is 288 g/mol. The summed E-state index contributed by atoms with van der Waals surface area (Å²) >= 11 is 0. The third kappa shape index (κ3) is 2.79. The number of hydrogen-bond donors (Lipinski definition) is 2. The maximum atomic E-state index is 13.3. The normalized spacial score (nSPS) is 12.7. The van der Waals surface area contributed by atoms with Crippen LogP contribution in [0.3, 0.4) is 0 Å². The number of furan rings is 1. The molecule has 3 aromatic rings. The molecule has 3 rings (SSSR count). The average Bonchev–Trinajstić information content (AvgIpc) is 2.87. The van der Waals surface area contributed by atoms with Crippen LogP contribution >= 0.6 is 0 Å². The molecule has 1 aromatic heterocycles. The predicted octanol–water partition coefficient (Wildman–Crippen LogP) is 3.46. The van der Waals surface area contributed by atoms with E-state index in [1.165, 1.54) is 12.1 Å². The minimum absolute atomic E-state index is 0.296. The molecule has 0 saturated heterocycles. The fourth-order valence-corrected chi connectivity index (χ4v) is 2.49. The molecule has 0 aliphatic rings. The predicted molar refractivity (Wildman–Crippen MR) is 76.3 cm³/mol. The standard InChI is InChI=1S/C16H14F2N2O/c17-11-5-10(6-12(18)8-11)7-15(20-19)14-9-21-16-4-2-1-3-13(14)16/h1-6,8-9,15,20H,7,19H2. The molecule has 0 radical (unpaired) electrons. The summed E-state index contributed by atoms with van der Waals surface area (Å²) < 4.78 is 32.0. The van der Waals surface area contributed by atoms with Gasteiger partial charge in [0.2, 0.25) is 0 Å². The van der Waals surface area contributed by atoms with E-state index in [1.54, 1.807) is 6.26 Å². The smallest absolute Gasteiger partial charge is 0.134 e. The Morgan fingerprint density at radius 2 is 1.81 bits per heavy atom. The molecule has 0 aliphatic carbocycles. The van der Waals surface area contributed by atoms with Gasteiger partial charge in [-0.3, -0.25) is 11.3 Å². The van der Waals surface area contributed by atoms with Crippen LogP contribution in [0.15, 0.2) is 53.1 Å². The molecular formula is C16H14F2N2O. The van der Waals surface area contributed by atoms with E-state index in [1.807, 2.05) is 24.3 Å². The van der Waals surface area contributed by atoms with E-state index in [-0.39, 0.29) is 6.04 Å². The van der Waals surface area contributed by atoms with Crippen LogP contribution < -0.4 is 11.3 Å². The van der Waals surface area contributed by atoms with E-state index in [0.29, 0.717) is 12.0 Å². The van der Waals surface area contributed by atoms with Crippen molar-refractivity contribution in [2.45, 2.75) is 12.5 Å². The van der Waals surface area contributed by atoms with Crippen molar-refractivity contribution < 1.29 is 13.2 Å². The minimum atomic E-state index is -0.599. The van der Waals surface area contributed by atoms with E-state index >= 15 is 0 Å². The lowest BCUT2D eigenvalue weighted by molar-refractivity contribution is 0.529. The van der Waals surface area contributed by atoms with Gasteiger partial charge in [-0.15, -0.1) is 0 Å². The first-order chi connectivity index (χ1) is 10.2. The number of benzene rings is 2. The zero-order chi connectivity index (χ0) is 14.8. The molecule has 2 aromatic carbocycles. The molecular weight excluding hydrogens is 274 g/mol. The molecule has 0 fully saturated rings. The van der Waals surface area contributed by atoms with Gasteiger partial charge in [0, 0.05) is 17.0 Å². The number of rotatable bonds is 4. The molecule has 1 unspecified atom stereocenters. The second kappa shape index (κ2) is 5.63. The molecule has 0 saturated carbocycles. The van der Waals surface area contributed by atoms with Crippen molar-refractivity contribution in [2.75, 3.05) is 0 Å². The van der Waals surface area contributed by atoms with Crippen molar-refractivity contribution >= 4 is 11.0 Å². The highest BCUT2D eigenvalue weighted by Gasteiger charge is 2.17. The van der Waals surface area contributed by atoms with Crippen molar-refractivity contribution in [1.29, 1.82) is 0 Å². The highest BCUT2D eigenvalue weighted by atomic mass is 19.1. The van der Waals surface area contributed by atoms with Gasteiger partial charge in [0.25, 0.3) is 0 Å². The summed E-state index contributed by atoms with van der Waals surface area (Å²) in [7, 11) is 0. The maximum Gasteiger partial charge on any atom is 0.134 e. The van der Waals surface area contributed by atoms with Crippen molar-refractivity contribution in [3.05, 3.63) is 71.5 Å². The van der Waals surface area contributed by atoms with Gasteiger partial charge in [0.15, 0.2) is 0 Å². The summed E-state index contributed by atoms with van der Waals surface area (Å²) in [5.74, 6) is 4.40. The number of halogens is 2. The maximum absolute atomic E-state index is 13.3. The molecule has 0 aliphatic heterocycles. The summed E-state index contributed by atoms with van der Waals surface area (Å²) in [6, 6.07) is 10.7. The van der Waals surface area contributed by atoms with Crippen LogP contribution in [0.2, 0.25) is 0 Å². The SMILES string of the molecule is NNC(Cc1cc(F)cc(F)c1)c1coc2ccccc12. The zero-order valence-corrected chi connectivity index (χ0v) is 11.1. The Labute approximate surface area is 120 Å². The Morgan fingerprint density at radius 1 is 1.10 bits per heavy atom. The van der Waals surface area contributed by atoms with Crippen molar-refractivity contribution in [2.24, 2.45) is 5.84 Å². The second-order valence-electron chi connectivity index (χ2n) is 4.89. The summed E-state index contributed by atoms with van der Waals surface area (Å²) in [5, 5.41) is 0.928. The number of hydrazine groups is 1. The lowest BCUT2D eigenvalue weighted by Crippen LogP contribution is -2.29. The van der Waals surface area contributed by atoms with Crippen LogP contribution in [0.5, 0.6) is 0 Å². The number of nitrogens with two attached hydrogens (primary N) is 1. The lowest BCUT2D eigenvalue weighted by atomic mass is 9.99. The molecule has 108 valence electrons. The van der Waals surface area contributed by atoms with Gasteiger partial charge in [-0.2, -0.15) is 0 Å². The first kappa shape index (κ1) is 13.7. The second-order valence-corrected chi connectivity index (χ2v) is 4.89. The van der Waals surface area contributed by atoms with E-state index in [0.717, 1.165) is 22.6 Å². The number of para-hydroxylation sites is 1. The first-order valence-electron chi connectivity index (χ1n) is 6.54. The summed E-state index contributed by atoms with van der Waals surface area (Å²) in [4.78, 5) is 0. The van der Waals surface area contributed by atoms with Crippen LogP contribution in [0.1, 0.15) is 17.2 Å². The lowest BCUT2D eigenvalue weighted by Gasteiger charge is -2.15. The Hall–Kier alpha value is -2.24. The van der Waals surface area contributed by atoms with Crippen LogP contribution in [-0.4, -0.2) is 0 Å². The Morgan fingerprint density at radius 3 is 2.52 bits per heavy atom. The molecule has 5 heteroatoms. The Kier molecular flexibility index (Phi) is 3.68. The van der Waals surface area contributed by atoms with Crippen molar-refractivity contribution in [3.63, 3.8) is 0 Å². The van der Waals surface area contributed by atoms with Crippen molar-refractivity contribution in [3.8, 4) is 0 Å². The fraction of sp³-hybridized carbons (Fsp3) is 0.125. The molecule has 0 spiro atoms. The number of hydrogen-bond acceptors (Lipinski definition) is 3. The van der Waals surface area contributed by atoms with Crippen LogP contribution in [0.25, 0.3) is 11.0 Å². The monoisotopic (exact) mass is 288 g/mol. The Balaban J connectivity index is 1.95. The third-order valence-corrected chi connectivity index (χ3v) is 3.45. The molecule has 21 heavy (non-hydrogen) atoms. The summed E-state index contributed by atoms with van der Waals surface area (Å²) in [6.07, 6.45) is 1.97. The summed E-state index contributed by atoms with van der Waals surface area (Å²) in [5.41, 5.74) is 4.81. The highest BCUT2D eigenvalue weighted by molar-refractivity contribution is 5.81. The quantitative estimate of drug-likeness (QED) is 0.571. The van der Waals surface area contributed by atoms with Crippen molar-refractivity contribution in [1.82, 2.24) is 5.43 Å². The van der Waals surface area contributed by atoms with Gasteiger partial charge in [0.1, 0.15) is 17.2 Å². The van der Waals surface area contributed by atoms with Gasteiger partial charge >= 0.3 is 0 Å². The minimum Gasteiger partial charge on any atom is -0.464 e. The highest BCUT2D eigenvalue weighted by Crippen LogP contribution is 2.28. The van der Waals surface area contributed by atoms with Crippen LogP contribution in [0, 0.1) is 11.6 Å². The third-order valence-electron chi connectivity index (χ3n) is 3.45. The van der Waals surface area contributed by atoms with E-state index in [9.17, 15) is 8.78 Å². The molecule has 3 nitrogen and oxygen atoms in total. The number of nitrogens with one attached hydrogen (secondary N) is 1. The first-order valence-corrected chi connectivity index (χ1v) is 6.54. The van der Waals surface area contributed by atoms with E-state index in [4.69, 9.17) is 10.3 Å². The molecule has 0 bridgehead atoms. The zero-order valence-electron chi connectivity index (χ0n) is 11.1. The molecule has 1 heterocycles. The van der Waals surface area contributed by atoms with Gasteiger partial charge in [-0.05, 0) is 30.2 Å². The van der Waals surface area contributed by atoms with Gasteiger partial charge < -0.3 is 4.42 Å². The largest absolute Gasteiger partial charge is 0.464 e. The molecule has 0 amide bonds. The van der Waals surface area contributed by atoms with E-state index in [2.05, 4.69) is 5.43 Å². The molecule has 1 atom stereocenters. The van der Waals surface area contributed by atoms with E-state index < -0.39 is 11.6 Å². The van der Waals surface area contributed by atoms with Gasteiger partial charge in [0.05, 0.1) is 12.3 Å². The summed E-state index contributed by atoms with van der Waals surface area (Å²) in [6.45, 7) is 0. The fourth-order valence-electron chi connectivity index (χ4n) is 2.49. The van der Waals surface area contributed by atoms with Crippen LogP contribution in [0.4, 0.5) is 8.78 Å². The topological polar surface area (TPSA) is 51.2 Å². The Bertz CT molecular complexity index is 750. The number of fused-ring (bicyclic) bond motifs is 1. The van der Waals surface area contributed by atoms with Gasteiger partial charge in [-0.25, -0.2) is 8.78 Å². The molecule has 3 N–H and O–H groups in total. The van der Waals surface area contributed by atoms with Gasteiger partial charge in [-0.1, -0.05) is 18.2 Å². The van der Waals surface area contributed by atoms with Crippen LogP contribution in [-0.2, 0) is 6.42 Å².